The van der Waals surface area contributed by atoms with Gasteiger partial charge in [0.2, 0.25) is 0 Å². The van der Waals surface area contributed by atoms with E-state index in [1.54, 1.807) is 7.11 Å². The third kappa shape index (κ3) is 5.30. The summed E-state index contributed by atoms with van der Waals surface area (Å²) < 4.78 is 6.19. The van der Waals surface area contributed by atoms with Crippen molar-refractivity contribution in [2.45, 2.75) is 13.0 Å². The Morgan fingerprint density at radius 2 is 2.04 bits per heavy atom. The monoisotopic (exact) mass is 319 g/mol. The highest BCUT2D eigenvalue weighted by Crippen LogP contribution is 2.11. The molecule has 0 atom stereocenters. The SMILES string of the molecule is COc1ccc(CCNC(=O)Nc2cn(CC(=O)O)nn2)cc1. The molecule has 9 heteroatoms. The van der Waals surface area contributed by atoms with Gasteiger partial charge in [0.15, 0.2) is 5.82 Å². The molecule has 122 valence electrons. The maximum Gasteiger partial charge on any atom is 0.325 e. The fourth-order valence-electron chi connectivity index (χ4n) is 1.84. The summed E-state index contributed by atoms with van der Waals surface area (Å²) in [6.45, 7) is 0.134. The maximum atomic E-state index is 11.7. The lowest BCUT2D eigenvalue weighted by Crippen LogP contribution is -2.30. The van der Waals surface area contributed by atoms with E-state index in [9.17, 15) is 9.59 Å². The van der Waals surface area contributed by atoms with Crippen LogP contribution in [0, 0.1) is 0 Å². The average Bonchev–Trinajstić information content (AvgIpc) is 2.94. The number of carboxylic acid groups (broad SMARTS) is 1. The van der Waals surface area contributed by atoms with Gasteiger partial charge in [0.05, 0.1) is 13.3 Å². The molecule has 0 saturated carbocycles. The molecular weight excluding hydrogens is 302 g/mol. The first-order valence-corrected chi connectivity index (χ1v) is 6.86. The molecule has 0 radical (unpaired) electrons. The van der Waals surface area contributed by atoms with Gasteiger partial charge in [-0.2, -0.15) is 0 Å². The van der Waals surface area contributed by atoms with Gasteiger partial charge in [-0.1, -0.05) is 17.3 Å². The molecule has 2 aromatic rings. The number of amides is 2. The number of methoxy groups -OCH3 is 1. The molecule has 23 heavy (non-hydrogen) atoms. The molecule has 1 aromatic carbocycles. The zero-order valence-corrected chi connectivity index (χ0v) is 12.5. The lowest BCUT2D eigenvalue weighted by molar-refractivity contribution is -0.137. The largest absolute Gasteiger partial charge is 0.497 e. The molecule has 9 nitrogen and oxygen atoms in total. The van der Waals surface area contributed by atoms with Gasteiger partial charge in [-0.25, -0.2) is 9.48 Å². The van der Waals surface area contributed by atoms with Gasteiger partial charge in [-0.3, -0.25) is 10.1 Å². The first-order valence-electron chi connectivity index (χ1n) is 6.86. The topological polar surface area (TPSA) is 118 Å². The van der Waals surface area contributed by atoms with Gasteiger partial charge in [-0.15, -0.1) is 5.10 Å². The molecule has 1 heterocycles. The number of hydrogen-bond acceptors (Lipinski definition) is 5. The van der Waals surface area contributed by atoms with Gasteiger partial charge >= 0.3 is 12.0 Å². The standard InChI is InChI=1S/C14H17N5O4/c1-23-11-4-2-10(3-5-11)6-7-15-14(22)16-12-8-19(18-17-12)9-13(20)21/h2-5,8H,6-7,9H2,1H3,(H,20,21)(H2,15,16,22). The van der Waals surface area contributed by atoms with Gasteiger partial charge in [0, 0.05) is 6.54 Å². The summed E-state index contributed by atoms with van der Waals surface area (Å²) >= 11 is 0. The fraction of sp³-hybridized carbons (Fsp3) is 0.286. The number of rotatable bonds is 7. The first-order chi connectivity index (χ1) is 11.1. The predicted octanol–water partition coefficient (Wildman–Crippen LogP) is 0.735. The smallest absolute Gasteiger partial charge is 0.325 e. The van der Waals surface area contributed by atoms with Crippen molar-refractivity contribution in [1.29, 1.82) is 0 Å². The van der Waals surface area contributed by atoms with Crippen LogP contribution in [-0.4, -0.2) is 45.8 Å². The third-order valence-corrected chi connectivity index (χ3v) is 2.94. The Labute approximate surface area is 132 Å². The second-order valence-corrected chi connectivity index (χ2v) is 4.67. The van der Waals surface area contributed by atoms with Crippen LogP contribution in [0.25, 0.3) is 0 Å². The van der Waals surface area contributed by atoms with Crippen LogP contribution in [0.3, 0.4) is 0 Å². The molecule has 2 rings (SSSR count). The summed E-state index contributed by atoms with van der Waals surface area (Å²) in [6.07, 6.45) is 2.01. The Balaban J connectivity index is 1.74. The molecule has 0 saturated heterocycles. The molecule has 0 aliphatic carbocycles. The molecule has 0 bridgehead atoms. The molecule has 0 fully saturated rings. The number of ether oxygens (including phenoxy) is 1. The van der Waals surface area contributed by atoms with Crippen molar-refractivity contribution in [2.24, 2.45) is 0 Å². The number of anilines is 1. The van der Waals surface area contributed by atoms with E-state index in [0.717, 1.165) is 16.0 Å². The van der Waals surface area contributed by atoms with E-state index in [4.69, 9.17) is 9.84 Å². The molecular formula is C14H17N5O4. The van der Waals surface area contributed by atoms with E-state index < -0.39 is 12.0 Å². The molecule has 0 aliphatic rings. The van der Waals surface area contributed by atoms with E-state index in [1.165, 1.54) is 6.20 Å². The number of nitrogens with zero attached hydrogens (tertiary/aromatic N) is 3. The van der Waals surface area contributed by atoms with Crippen molar-refractivity contribution in [1.82, 2.24) is 20.3 Å². The highest BCUT2D eigenvalue weighted by atomic mass is 16.5. The number of hydrogen-bond donors (Lipinski definition) is 3. The molecule has 1 aromatic heterocycles. The van der Waals surface area contributed by atoms with Gasteiger partial charge in [0.25, 0.3) is 0 Å². The van der Waals surface area contributed by atoms with Gasteiger partial charge in [0.1, 0.15) is 12.3 Å². The summed E-state index contributed by atoms with van der Waals surface area (Å²) in [5, 5.41) is 21.0. The Morgan fingerprint density at radius 1 is 1.30 bits per heavy atom. The summed E-state index contributed by atoms with van der Waals surface area (Å²) in [5.74, 6) is -0.0671. The van der Waals surface area contributed by atoms with Crippen LogP contribution < -0.4 is 15.4 Å². The molecule has 0 aliphatic heterocycles. The minimum absolute atomic E-state index is 0.188. The summed E-state index contributed by atoms with van der Waals surface area (Å²) in [5.41, 5.74) is 1.07. The minimum atomic E-state index is -1.04. The average molecular weight is 319 g/mol. The number of benzene rings is 1. The number of aliphatic carboxylic acids is 1. The number of carbonyl (C=O) groups excluding carboxylic acids is 1. The van der Waals surface area contributed by atoms with E-state index in [1.807, 2.05) is 24.3 Å². The number of nitrogens with one attached hydrogen (secondary N) is 2. The molecule has 2 amide bonds. The summed E-state index contributed by atoms with van der Waals surface area (Å²) in [6, 6.07) is 7.14. The molecule has 0 unspecified atom stereocenters. The normalized spacial score (nSPS) is 10.1. The zero-order chi connectivity index (χ0) is 16.7. The van der Waals surface area contributed by atoms with Gasteiger partial charge < -0.3 is 15.2 Å². The lowest BCUT2D eigenvalue weighted by Gasteiger charge is -2.06. The highest BCUT2D eigenvalue weighted by Gasteiger charge is 2.07. The second-order valence-electron chi connectivity index (χ2n) is 4.67. The van der Waals surface area contributed by atoms with Crippen molar-refractivity contribution in [3.8, 4) is 5.75 Å². The zero-order valence-electron chi connectivity index (χ0n) is 12.5. The van der Waals surface area contributed by atoms with Crippen LogP contribution >= 0.6 is 0 Å². The van der Waals surface area contributed by atoms with Gasteiger partial charge in [-0.05, 0) is 24.1 Å². The maximum absolute atomic E-state index is 11.7. The quantitative estimate of drug-likeness (QED) is 0.692. The number of urea groups is 1. The molecule has 3 N–H and O–H groups in total. The Hall–Kier alpha value is -3.10. The highest BCUT2D eigenvalue weighted by molar-refractivity contribution is 5.87. The Bertz CT molecular complexity index is 668. The van der Waals surface area contributed by atoms with Crippen molar-refractivity contribution in [3.63, 3.8) is 0 Å². The second kappa shape index (κ2) is 7.78. The molecule has 0 spiro atoms. The lowest BCUT2D eigenvalue weighted by atomic mass is 10.1. The van der Waals surface area contributed by atoms with E-state index in [-0.39, 0.29) is 12.4 Å². The summed E-state index contributed by atoms with van der Waals surface area (Å²) in [4.78, 5) is 22.2. The van der Waals surface area contributed by atoms with Crippen molar-refractivity contribution >= 4 is 17.8 Å². The van der Waals surface area contributed by atoms with E-state index >= 15 is 0 Å². The third-order valence-electron chi connectivity index (χ3n) is 2.94. The number of carbonyl (C=O) groups is 2. The van der Waals surface area contributed by atoms with Crippen LogP contribution in [-0.2, 0) is 17.8 Å². The van der Waals surface area contributed by atoms with Crippen LogP contribution in [0.1, 0.15) is 5.56 Å². The van der Waals surface area contributed by atoms with E-state index in [0.29, 0.717) is 13.0 Å². The fourth-order valence-corrected chi connectivity index (χ4v) is 1.84. The van der Waals surface area contributed by atoms with Crippen LogP contribution in [0.15, 0.2) is 30.5 Å². The first kappa shape index (κ1) is 16.3. The van der Waals surface area contributed by atoms with Crippen molar-refractivity contribution in [3.05, 3.63) is 36.0 Å². The number of aromatic nitrogens is 3. The Morgan fingerprint density at radius 3 is 2.70 bits per heavy atom. The predicted molar refractivity (Wildman–Crippen MR) is 81.4 cm³/mol. The Kier molecular flexibility index (Phi) is 5.50. The van der Waals surface area contributed by atoms with Crippen LogP contribution in [0.4, 0.5) is 10.6 Å². The van der Waals surface area contributed by atoms with E-state index in [2.05, 4.69) is 20.9 Å². The van der Waals surface area contributed by atoms with Crippen molar-refractivity contribution < 1.29 is 19.4 Å². The summed E-state index contributed by atoms with van der Waals surface area (Å²) in [7, 11) is 1.60. The van der Waals surface area contributed by atoms with Crippen molar-refractivity contribution in [2.75, 3.05) is 19.0 Å². The van der Waals surface area contributed by atoms with Crippen LogP contribution in [0.5, 0.6) is 5.75 Å². The number of carboxylic acids is 1. The minimum Gasteiger partial charge on any atom is -0.497 e. The van der Waals surface area contributed by atoms with Crippen LogP contribution in [0.2, 0.25) is 0 Å².